The average molecular weight is 456 g/mol. The predicted octanol–water partition coefficient (Wildman–Crippen LogP) is 3.00. The van der Waals surface area contributed by atoms with Crippen LogP contribution in [0.2, 0.25) is 10.0 Å². The first-order chi connectivity index (χ1) is 13.8. The maximum Gasteiger partial charge on any atom is 0.246 e. The third-order valence-corrected chi connectivity index (χ3v) is 6.77. The molecule has 2 aromatic rings. The van der Waals surface area contributed by atoms with E-state index in [1.165, 1.54) is 40.7 Å². The zero-order valence-electron chi connectivity index (χ0n) is 15.3. The van der Waals surface area contributed by atoms with E-state index in [0.717, 1.165) is 0 Å². The van der Waals surface area contributed by atoms with E-state index < -0.39 is 10.0 Å². The predicted molar refractivity (Wildman–Crippen MR) is 110 cm³/mol. The maximum atomic E-state index is 13.3. The van der Waals surface area contributed by atoms with Crippen LogP contribution in [0, 0.1) is 11.3 Å². The number of ether oxygens (including phenoxy) is 1. The van der Waals surface area contributed by atoms with Gasteiger partial charge in [0.25, 0.3) is 0 Å². The number of nitriles is 1. The third kappa shape index (κ3) is 5.20. The second-order valence-electron chi connectivity index (χ2n) is 6.51. The Hall–Kier alpha value is -1.86. The van der Waals surface area contributed by atoms with Gasteiger partial charge in [0.05, 0.1) is 18.2 Å². The summed E-state index contributed by atoms with van der Waals surface area (Å²) < 4.78 is 33.7. The molecule has 1 fully saturated rings. The molecule has 154 valence electrons. The lowest BCUT2D eigenvalue weighted by molar-refractivity contribution is 0.284. The molecular weight excluding hydrogens is 437 g/mol. The molecule has 2 aromatic carbocycles. The minimum Gasteiger partial charge on any atom is -0.456 e. The summed E-state index contributed by atoms with van der Waals surface area (Å²) in [4.78, 5) is -0.101. The van der Waals surface area contributed by atoms with Crippen molar-refractivity contribution < 1.29 is 18.3 Å². The highest BCUT2D eigenvalue weighted by Crippen LogP contribution is 2.35. The molecule has 1 heterocycles. The van der Waals surface area contributed by atoms with Crippen molar-refractivity contribution in [2.24, 2.45) is 0 Å². The van der Waals surface area contributed by atoms with Crippen LogP contribution in [0.15, 0.2) is 41.3 Å². The summed E-state index contributed by atoms with van der Waals surface area (Å²) in [6, 6.07) is 10.7. The summed E-state index contributed by atoms with van der Waals surface area (Å²) in [5, 5.41) is 22.0. The second-order valence-corrected chi connectivity index (χ2v) is 9.29. The zero-order valence-corrected chi connectivity index (χ0v) is 17.6. The zero-order chi connectivity index (χ0) is 21.0. The average Bonchev–Trinajstić information content (AvgIpc) is 3.15. The molecule has 0 amide bonds. The van der Waals surface area contributed by atoms with Gasteiger partial charge in [-0.15, -0.1) is 0 Å². The third-order valence-electron chi connectivity index (χ3n) is 4.45. The molecule has 1 aliphatic heterocycles. The molecule has 1 aliphatic rings. The molecule has 1 saturated heterocycles. The van der Waals surface area contributed by atoms with Gasteiger partial charge in [0.1, 0.15) is 16.4 Å². The Morgan fingerprint density at radius 1 is 1.24 bits per heavy atom. The Morgan fingerprint density at radius 3 is 2.62 bits per heavy atom. The Morgan fingerprint density at radius 2 is 1.97 bits per heavy atom. The summed E-state index contributed by atoms with van der Waals surface area (Å²) >= 11 is 12.0. The molecule has 1 atom stereocenters. The Balaban J connectivity index is 1.94. The fourth-order valence-corrected chi connectivity index (χ4v) is 5.24. The van der Waals surface area contributed by atoms with E-state index in [4.69, 9.17) is 33.0 Å². The number of nitrogens with one attached hydrogen (secondary N) is 1. The molecule has 0 radical (unpaired) electrons. The van der Waals surface area contributed by atoms with E-state index >= 15 is 0 Å². The first-order valence-corrected chi connectivity index (χ1v) is 11.1. The highest BCUT2D eigenvalue weighted by molar-refractivity contribution is 7.89. The fraction of sp³-hybridized carbons (Fsp3) is 0.316. The lowest BCUT2D eigenvalue weighted by atomic mass is 10.2. The van der Waals surface area contributed by atoms with Crippen molar-refractivity contribution >= 4 is 33.2 Å². The normalized spacial score (nSPS) is 17.2. The van der Waals surface area contributed by atoms with E-state index in [9.17, 15) is 13.7 Å². The summed E-state index contributed by atoms with van der Waals surface area (Å²) in [6.45, 7) is 0.964. The van der Waals surface area contributed by atoms with E-state index in [1.54, 1.807) is 0 Å². The molecule has 3 rings (SSSR count). The lowest BCUT2D eigenvalue weighted by Crippen LogP contribution is -2.36. The van der Waals surface area contributed by atoms with Gasteiger partial charge in [0.2, 0.25) is 10.0 Å². The molecular formula is C19H19Cl2N3O4S. The van der Waals surface area contributed by atoms with Crippen LogP contribution >= 0.6 is 23.2 Å². The van der Waals surface area contributed by atoms with Crippen LogP contribution in [0.1, 0.15) is 12.0 Å². The van der Waals surface area contributed by atoms with Crippen molar-refractivity contribution in [3.05, 3.63) is 52.0 Å². The molecule has 0 aliphatic carbocycles. The standard InChI is InChI=1S/C19H19Cl2N3O4S/c20-14-8-15(21)10-17(9-14)28-18-2-1-13(11-22)7-19(18)29(26,27)24-5-3-16(12-24)23-4-6-25/h1-2,7-10,16,23,25H,3-6,12H2/t16-/m1/s1. The van der Waals surface area contributed by atoms with Gasteiger partial charge in [0.15, 0.2) is 0 Å². The minimum atomic E-state index is -3.91. The second kappa shape index (κ2) is 9.30. The first-order valence-electron chi connectivity index (χ1n) is 8.86. The number of benzene rings is 2. The minimum absolute atomic E-state index is 0.0202. The number of aliphatic hydroxyl groups excluding tert-OH is 1. The fourth-order valence-electron chi connectivity index (χ4n) is 3.10. The van der Waals surface area contributed by atoms with E-state index in [0.29, 0.717) is 29.6 Å². The quantitative estimate of drug-likeness (QED) is 0.664. The first kappa shape index (κ1) is 21.8. The van der Waals surface area contributed by atoms with E-state index in [1.807, 2.05) is 6.07 Å². The van der Waals surface area contributed by atoms with Gasteiger partial charge < -0.3 is 15.2 Å². The number of hydrogen-bond donors (Lipinski definition) is 2. The molecule has 0 unspecified atom stereocenters. The van der Waals surface area contributed by atoms with Crippen molar-refractivity contribution in [3.63, 3.8) is 0 Å². The Kier molecular flexibility index (Phi) is 7.01. The molecule has 0 aromatic heterocycles. The molecule has 2 N–H and O–H groups in total. The van der Waals surface area contributed by atoms with Crippen LogP contribution in [0.5, 0.6) is 11.5 Å². The monoisotopic (exact) mass is 455 g/mol. The molecule has 29 heavy (non-hydrogen) atoms. The van der Waals surface area contributed by atoms with Gasteiger partial charge in [0, 0.05) is 35.7 Å². The van der Waals surface area contributed by atoms with Crippen LogP contribution in [-0.2, 0) is 10.0 Å². The number of rotatable bonds is 7. The lowest BCUT2D eigenvalue weighted by Gasteiger charge is -2.19. The van der Waals surface area contributed by atoms with Gasteiger partial charge >= 0.3 is 0 Å². The van der Waals surface area contributed by atoms with E-state index in [-0.39, 0.29) is 41.2 Å². The van der Waals surface area contributed by atoms with Crippen LogP contribution < -0.4 is 10.1 Å². The van der Waals surface area contributed by atoms with Gasteiger partial charge in [-0.05, 0) is 42.8 Å². The highest BCUT2D eigenvalue weighted by atomic mass is 35.5. The highest BCUT2D eigenvalue weighted by Gasteiger charge is 2.34. The van der Waals surface area contributed by atoms with Gasteiger partial charge in [-0.3, -0.25) is 0 Å². The number of aliphatic hydroxyl groups is 1. The number of halogens is 2. The van der Waals surface area contributed by atoms with Crippen molar-refractivity contribution in [2.45, 2.75) is 17.4 Å². The summed E-state index contributed by atoms with van der Waals surface area (Å²) in [6.07, 6.45) is 0.622. The molecule has 0 saturated carbocycles. The van der Waals surface area contributed by atoms with Gasteiger partial charge in [-0.25, -0.2) is 8.42 Å². The van der Waals surface area contributed by atoms with Crippen LogP contribution in [0.3, 0.4) is 0 Å². The summed E-state index contributed by atoms with van der Waals surface area (Å²) in [5.41, 5.74) is 0.203. The van der Waals surface area contributed by atoms with E-state index in [2.05, 4.69) is 5.32 Å². The van der Waals surface area contributed by atoms with Crippen LogP contribution in [0.4, 0.5) is 0 Å². The number of nitrogens with zero attached hydrogens (tertiary/aromatic N) is 2. The SMILES string of the molecule is N#Cc1ccc(Oc2cc(Cl)cc(Cl)c2)c(S(=O)(=O)N2CC[C@@H](NCCO)C2)c1. The van der Waals surface area contributed by atoms with Crippen molar-refractivity contribution in [1.29, 1.82) is 5.26 Å². The van der Waals surface area contributed by atoms with Crippen molar-refractivity contribution in [3.8, 4) is 17.6 Å². The summed E-state index contributed by atoms with van der Waals surface area (Å²) in [5.74, 6) is 0.363. The Labute approximate surface area is 179 Å². The topological polar surface area (TPSA) is 103 Å². The molecule has 10 heteroatoms. The maximum absolute atomic E-state index is 13.3. The van der Waals surface area contributed by atoms with Crippen LogP contribution in [-0.4, -0.2) is 50.1 Å². The Bertz CT molecular complexity index is 1020. The van der Waals surface area contributed by atoms with Crippen molar-refractivity contribution in [1.82, 2.24) is 9.62 Å². The van der Waals surface area contributed by atoms with Crippen molar-refractivity contribution in [2.75, 3.05) is 26.2 Å². The number of sulfonamides is 1. The number of hydrogen-bond acceptors (Lipinski definition) is 6. The summed E-state index contributed by atoms with van der Waals surface area (Å²) in [7, 11) is -3.91. The smallest absolute Gasteiger partial charge is 0.246 e. The van der Waals surface area contributed by atoms with Crippen LogP contribution in [0.25, 0.3) is 0 Å². The largest absolute Gasteiger partial charge is 0.456 e. The molecule has 7 nitrogen and oxygen atoms in total. The van der Waals surface area contributed by atoms with Gasteiger partial charge in [-0.2, -0.15) is 9.57 Å². The van der Waals surface area contributed by atoms with Gasteiger partial charge in [-0.1, -0.05) is 23.2 Å². The molecule has 0 bridgehead atoms. The molecule has 0 spiro atoms.